The highest BCUT2D eigenvalue weighted by Crippen LogP contribution is 2.36. The molecule has 0 aliphatic carbocycles. The summed E-state index contributed by atoms with van der Waals surface area (Å²) in [6.07, 6.45) is 3.22. The molecule has 2 aromatic carbocycles. The summed E-state index contributed by atoms with van der Waals surface area (Å²) in [5.74, 6) is 3.21. The lowest BCUT2D eigenvalue weighted by atomic mass is 10.1. The van der Waals surface area contributed by atoms with Crippen LogP contribution in [-0.4, -0.2) is 49.1 Å². The van der Waals surface area contributed by atoms with E-state index in [1.807, 2.05) is 25.6 Å². The third-order valence-corrected chi connectivity index (χ3v) is 6.26. The first-order valence-electron chi connectivity index (χ1n) is 10.4. The number of methoxy groups -OCH3 is 1. The van der Waals surface area contributed by atoms with E-state index in [-0.39, 0.29) is 5.91 Å². The minimum Gasteiger partial charge on any atom is -0.491 e. The molecule has 7 heteroatoms. The van der Waals surface area contributed by atoms with Crippen molar-refractivity contribution in [1.82, 2.24) is 4.90 Å². The van der Waals surface area contributed by atoms with Gasteiger partial charge in [-0.15, -0.1) is 0 Å². The normalized spacial score (nSPS) is 14.6. The van der Waals surface area contributed by atoms with Crippen LogP contribution in [0.3, 0.4) is 0 Å². The number of thioether (sulfide) groups is 1. The minimum atomic E-state index is -0.195. The topological polar surface area (TPSA) is 50.8 Å². The van der Waals surface area contributed by atoms with Crippen LogP contribution >= 0.6 is 23.4 Å². The number of rotatable bonds is 8. The summed E-state index contributed by atoms with van der Waals surface area (Å²) in [7, 11) is 1.55. The molecular formula is C24H29ClN2O3S. The molecule has 3 rings (SSSR count). The number of benzene rings is 2. The summed E-state index contributed by atoms with van der Waals surface area (Å²) in [5.41, 5.74) is 3.84. The van der Waals surface area contributed by atoms with E-state index in [0.717, 1.165) is 36.4 Å². The van der Waals surface area contributed by atoms with Crippen LogP contribution in [0.15, 0.2) is 36.4 Å². The van der Waals surface area contributed by atoms with Crippen LogP contribution in [-0.2, 0) is 11.3 Å². The van der Waals surface area contributed by atoms with Crippen molar-refractivity contribution in [3.63, 3.8) is 0 Å². The van der Waals surface area contributed by atoms with Crippen molar-refractivity contribution in [1.29, 1.82) is 0 Å². The smallest absolute Gasteiger partial charge is 0.248 e. The fourth-order valence-electron chi connectivity index (χ4n) is 3.41. The Bertz CT molecular complexity index is 943. The molecule has 0 radical (unpaired) electrons. The Morgan fingerprint density at radius 3 is 2.74 bits per heavy atom. The molecule has 0 spiro atoms. The van der Waals surface area contributed by atoms with E-state index in [4.69, 9.17) is 21.1 Å². The van der Waals surface area contributed by atoms with Crippen LogP contribution in [0.4, 0.5) is 5.69 Å². The standard InChI is InChI=1S/C24H29ClN2O3S/c1-4-30-22-15-18(13-20(25)24(22)29-3)7-8-23(28)26-21-14-19(6-5-17(21)2)16-27-9-11-31-12-10-27/h5-8,13-15H,4,9-12,16H2,1-3H3,(H,26,28)/b8-7-. The predicted molar refractivity (Wildman–Crippen MR) is 131 cm³/mol. The lowest BCUT2D eigenvalue weighted by molar-refractivity contribution is -0.111. The number of nitrogens with zero attached hydrogens (tertiary/aromatic N) is 1. The highest BCUT2D eigenvalue weighted by atomic mass is 35.5. The van der Waals surface area contributed by atoms with Gasteiger partial charge in [-0.25, -0.2) is 0 Å². The second-order valence-corrected chi connectivity index (χ2v) is 8.96. The maximum absolute atomic E-state index is 12.6. The Morgan fingerprint density at radius 1 is 1.26 bits per heavy atom. The van der Waals surface area contributed by atoms with Gasteiger partial charge in [0.2, 0.25) is 5.91 Å². The van der Waals surface area contributed by atoms with E-state index < -0.39 is 0 Å². The van der Waals surface area contributed by atoms with Gasteiger partial charge in [0, 0.05) is 42.9 Å². The van der Waals surface area contributed by atoms with Crippen LogP contribution in [0.2, 0.25) is 5.02 Å². The van der Waals surface area contributed by atoms with Crippen molar-refractivity contribution in [3.05, 3.63) is 58.1 Å². The van der Waals surface area contributed by atoms with Gasteiger partial charge in [-0.3, -0.25) is 9.69 Å². The number of carbonyl (C=O) groups excluding carboxylic acids is 1. The number of amides is 1. The summed E-state index contributed by atoms with van der Waals surface area (Å²) >= 11 is 8.29. The molecule has 31 heavy (non-hydrogen) atoms. The number of carbonyl (C=O) groups is 1. The van der Waals surface area contributed by atoms with Crippen molar-refractivity contribution >= 4 is 41.0 Å². The van der Waals surface area contributed by atoms with Crippen LogP contribution in [0, 0.1) is 6.92 Å². The third kappa shape index (κ3) is 6.66. The number of hydrogen-bond donors (Lipinski definition) is 1. The first-order valence-corrected chi connectivity index (χ1v) is 11.9. The highest BCUT2D eigenvalue weighted by molar-refractivity contribution is 7.99. The first-order chi connectivity index (χ1) is 15.0. The quantitative estimate of drug-likeness (QED) is 0.545. The van der Waals surface area contributed by atoms with Gasteiger partial charge in [0.1, 0.15) is 0 Å². The summed E-state index contributed by atoms with van der Waals surface area (Å²) in [5, 5.41) is 3.44. The van der Waals surface area contributed by atoms with E-state index in [9.17, 15) is 4.79 Å². The van der Waals surface area contributed by atoms with E-state index in [0.29, 0.717) is 23.1 Å². The van der Waals surface area contributed by atoms with Crippen LogP contribution in [0.25, 0.3) is 6.08 Å². The predicted octanol–water partition coefficient (Wildman–Crippen LogP) is 5.26. The zero-order chi connectivity index (χ0) is 22.2. The molecule has 1 N–H and O–H groups in total. The van der Waals surface area contributed by atoms with Gasteiger partial charge < -0.3 is 14.8 Å². The molecule has 2 aromatic rings. The molecule has 0 atom stereocenters. The molecule has 5 nitrogen and oxygen atoms in total. The van der Waals surface area contributed by atoms with Gasteiger partial charge >= 0.3 is 0 Å². The molecule has 0 bridgehead atoms. The molecule has 1 heterocycles. The summed E-state index contributed by atoms with van der Waals surface area (Å²) in [6, 6.07) is 9.82. The third-order valence-electron chi connectivity index (χ3n) is 5.03. The lowest BCUT2D eigenvalue weighted by Gasteiger charge is -2.26. The van der Waals surface area contributed by atoms with Crippen molar-refractivity contribution in [2.45, 2.75) is 20.4 Å². The number of ether oxygens (including phenoxy) is 2. The van der Waals surface area contributed by atoms with Crippen LogP contribution < -0.4 is 14.8 Å². The molecule has 0 aromatic heterocycles. The summed E-state index contributed by atoms with van der Waals surface area (Å²) in [6.45, 7) is 7.51. The highest BCUT2D eigenvalue weighted by Gasteiger charge is 2.13. The van der Waals surface area contributed by atoms with E-state index in [2.05, 4.69) is 28.4 Å². The zero-order valence-electron chi connectivity index (χ0n) is 18.2. The van der Waals surface area contributed by atoms with Crippen LogP contribution in [0.1, 0.15) is 23.6 Å². The Morgan fingerprint density at radius 2 is 2.03 bits per heavy atom. The molecule has 1 amide bonds. The minimum absolute atomic E-state index is 0.195. The van der Waals surface area contributed by atoms with E-state index in [1.54, 1.807) is 25.3 Å². The van der Waals surface area contributed by atoms with Crippen LogP contribution in [0.5, 0.6) is 11.5 Å². The number of nitrogens with one attached hydrogen (secondary N) is 1. The fourth-order valence-corrected chi connectivity index (χ4v) is 4.69. The fraction of sp³-hybridized carbons (Fsp3) is 0.375. The molecule has 1 fully saturated rings. The monoisotopic (exact) mass is 460 g/mol. The zero-order valence-corrected chi connectivity index (χ0v) is 19.8. The van der Waals surface area contributed by atoms with Gasteiger partial charge in [0.25, 0.3) is 0 Å². The molecule has 0 unspecified atom stereocenters. The van der Waals surface area contributed by atoms with Gasteiger partial charge in [0.15, 0.2) is 11.5 Å². The Kier molecular flexibility index (Phi) is 8.69. The molecule has 1 aliphatic heterocycles. The second kappa shape index (κ2) is 11.5. The van der Waals surface area contributed by atoms with E-state index in [1.165, 1.54) is 23.1 Å². The molecular weight excluding hydrogens is 432 g/mol. The summed E-state index contributed by atoms with van der Waals surface area (Å²) in [4.78, 5) is 15.0. The van der Waals surface area contributed by atoms with Crippen molar-refractivity contribution in [3.8, 4) is 11.5 Å². The molecule has 1 aliphatic rings. The number of halogens is 1. The second-order valence-electron chi connectivity index (χ2n) is 7.33. The maximum Gasteiger partial charge on any atom is 0.248 e. The van der Waals surface area contributed by atoms with Gasteiger partial charge in [-0.1, -0.05) is 23.7 Å². The average Bonchev–Trinajstić information content (AvgIpc) is 2.75. The lowest BCUT2D eigenvalue weighted by Crippen LogP contribution is -2.31. The Labute approximate surface area is 193 Å². The number of aryl methyl sites for hydroxylation is 1. The average molecular weight is 461 g/mol. The van der Waals surface area contributed by atoms with Gasteiger partial charge in [0.05, 0.1) is 18.7 Å². The maximum atomic E-state index is 12.6. The Hall–Kier alpha value is -2.15. The first kappa shape index (κ1) is 23.5. The summed E-state index contributed by atoms with van der Waals surface area (Å²) < 4.78 is 10.9. The Balaban J connectivity index is 1.68. The molecule has 0 saturated carbocycles. The van der Waals surface area contributed by atoms with E-state index >= 15 is 0 Å². The number of anilines is 1. The molecule has 1 saturated heterocycles. The van der Waals surface area contributed by atoms with Gasteiger partial charge in [-0.05, 0) is 54.8 Å². The largest absolute Gasteiger partial charge is 0.491 e. The van der Waals surface area contributed by atoms with Crippen molar-refractivity contribution < 1.29 is 14.3 Å². The molecule has 166 valence electrons. The van der Waals surface area contributed by atoms with Crippen molar-refractivity contribution in [2.75, 3.05) is 43.6 Å². The number of hydrogen-bond acceptors (Lipinski definition) is 5. The van der Waals surface area contributed by atoms with Gasteiger partial charge in [-0.2, -0.15) is 11.8 Å². The van der Waals surface area contributed by atoms with Crippen molar-refractivity contribution in [2.24, 2.45) is 0 Å². The SMILES string of the molecule is CCOc1cc(/C=C\C(=O)Nc2cc(CN3CCSCC3)ccc2C)cc(Cl)c1OC.